The first-order valence-corrected chi connectivity index (χ1v) is 17.6. The summed E-state index contributed by atoms with van der Waals surface area (Å²) in [6, 6.07) is 5.61. The molecule has 0 spiro atoms. The highest BCUT2D eigenvalue weighted by Crippen LogP contribution is 2.38. The summed E-state index contributed by atoms with van der Waals surface area (Å²) in [5, 5.41) is 1.95. The summed E-state index contributed by atoms with van der Waals surface area (Å²) in [6.07, 6.45) is 3.61. The number of carbonyl (C=O) groups excluding carboxylic acids is 1. The minimum Gasteiger partial charge on any atom is -0.489 e. The number of thiophene rings is 1. The molecule has 3 heterocycles. The van der Waals surface area contributed by atoms with Crippen molar-refractivity contribution in [2.24, 2.45) is 5.92 Å². The van der Waals surface area contributed by atoms with Gasteiger partial charge in [0, 0.05) is 52.0 Å². The molecule has 1 aliphatic heterocycles. The summed E-state index contributed by atoms with van der Waals surface area (Å²) >= 11 is 13.7. The first kappa shape index (κ1) is 34.7. The number of pyridine rings is 1. The average Bonchev–Trinajstić information content (AvgIpc) is 3.72. The Morgan fingerprint density at radius 1 is 1.15 bits per heavy atom. The Morgan fingerprint density at radius 2 is 1.87 bits per heavy atom. The van der Waals surface area contributed by atoms with Crippen LogP contribution in [0, 0.1) is 5.92 Å². The van der Waals surface area contributed by atoms with Gasteiger partial charge in [0.15, 0.2) is 11.5 Å². The predicted molar refractivity (Wildman–Crippen MR) is 169 cm³/mol. The zero-order chi connectivity index (χ0) is 32.8. The molecule has 0 N–H and O–H groups in total. The molecule has 0 unspecified atom stereocenters. The van der Waals surface area contributed by atoms with E-state index in [1.807, 2.05) is 0 Å². The van der Waals surface area contributed by atoms with E-state index in [-0.39, 0.29) is 44.3 Å². The lowest BCUT2D eigenvalue weighted by atomic mass is 10.0. The number of hydrogen-bond donors (Lipinski definition) is 0. The Labute approximate surface area is 280 Å². The molecule has 1 atom stereocenters. The van der Waals surface area contributed by atoms with Crippen molar-refractivity contribution in [3.8, 4) is 11.5 Å². The fraction of sp³-hybridized carbons (Fsp3) is 0.467. The molecule has 2 aromatic heterocycles. The molecule has 16 heteroatoms. The standard InChI is InChI=1S/C30H33Cl2F2N3O7S2/c1-36(7-8-37-9-11-41-12-10-37)46(39,40)27-6-13-45-28(27)29(38)43-25(15-21-22(31)16-35-17-23(21)32)20-4-5-24(44-30(33)34)26(14-20)42-18-19-2-3-19/h4-6,13-14,16-17,19,25,30H,2-3,7-12,15,18H2,1H3/t25-/m0/s1. The van der Waals surface area contributed by atoms with Gasteiger partial charge in [-0.15, -0.1) is 11.3 Å². The third kappa shape index (κ3) is 8.85. The van der Waals surface area contributed by atoms with E-state index >= 15 is 0 Å². The van der Waals surface area contributed by atoms with Gasteiger partial charge in [0.1, 0.15) is 15.9 Å². The zero-order valence-corrected chi connectivity index (χ0v) is 28.0. The van der Waals surface area contributed by atoms with Gasteiger partial charge in [-0.2, -0.15) is 13.1 Å². The van der Waals surface area contributed by atoms with Gasteiger partial charge in [-0.3, -0.25) is 9.88 Å². The number of carbonyl (C=O) groups is 1. The number of halogens is 4. The summed E-state index contributed by atoms with van der Waals surface area (Å²) in [5.41, 5.74) is 0.791. The third-order valence-corrected chi connectivity index (χ3v) is 11.2. The molecule has 46 heavy (non-hydrogen) atoms. The highest BCUT2D eigenvalue weighted by Gasteiger charge is 2.32. The number of benzene rings is 1. The number of esters is 1. The normalized spacial score (nSPS) is 16.5. The number of alkyl halides is 2. The van der Waals surface area contributed by atoms with Crippen molar-refractivity contribution in [2.75, 3.05) is 53.0 Å². The number of ether oxygens (including phenoxy) is 4. The maximum absolute atomic E-state index is 13.7. The second kappa shape index (κ2) is 15.5. The Morgan fingerprint density at radius 3 is 2.54 bits per heavy atom. The summed E-state index contributed by atoms with van der Waals surface area (Å²) in [5.74, 6) is -0.692. The SMILES string of the molecule is CN(CCN1CCOCC1)S(=O)(=O)c1ccsc1C(=O)O[C@@H](Cc1c(Cl)cncc1Cl)c1ccc(OC(F)F)c(OCC2CC2)c1. The van der Waals surface area contributed by atoms with E-state index in [1.165, 1.54) is 53.4 Å². The van der Waals surface area contributed by atoms with Crippen molar-refractivity contribution in [3.63, 3.8) is 0 Å². The monoisotopic (exact) mass is 719 g/mol. The van der Waals surface area contributed by atoms with E-state index in [0.717, 1.165) is 24.2 Å². The Balaban J connectivity index is 1.41. The summed E-state index contributed by atoms with van der Waals surface area (Å²) in [7, 11) is -2.59. The number of morpholine rings is 1. The van der Waals surface area contributed by atoms with Crippen LogP contribution in [0.15, 0.2) is 46.9 Å². The lowest BCUT2D eigenvalue weighted by Gasteiger charge is -2.28. The highest BCUT2D eigenvalue weighted by atomic mass is 35.5. The van der Waals surface area contributed by atoms with Gasteiger partial charge in [0.2, 0.25) is 10.0 Å². The first-order valence-electron chi connectivity index (χ1n) is 14.6. The molecule has 3 aromatic rings. The fourth-order valence-corrected chi connectivity index (χ4v) is 7.75. The fourth-order valence-electron chi connectivity index (χ4n) is 4.80. The van der Waals surface area contributed by atoms with Crippen LogP contribution in [-0.4, -0.2) is 88.2 Å². The lowest BCUT2D eigenvalue weighted by molar-refractivity contribution is -0.0515. The number of nitrogens with zero attached hydrogens (tertiary/aromatic N) is 3. The topological polar surface area (TPSA) is 108 Å². The largest absolute Gasteiger partial charge is 0.489 e. The van der Waals surface area contributed by atoms with Crippen molar-refractivity contribution in [1.29, 1.82) is 0 Å². The predicted octanol–water partition coefficient (Wildman–Crippen LogP) is 5.93. The van der Waals surface area contributed by atoms with Crippen LogP contribution in [0.5, 0.6) is 11.5 Å². The smallest absolute Gasteiger partial charge is 0.387 e. The van der Waals surface area contributed by atoms with E-state index < -0.39 is 28.7 Å². The van der Waals surface area contributed by atoms with E-state index in [4.69, 9.17) is 37.4 Å². The van der Waals surface area contributed by atoms with Crippen LogP contribution in [0.25, 0.3) is 0 Å². The Hall–Kier alpha value is -2.59. The molecule has 1 aliphatic carbocycles. The average molecular weight is 721 g/mol. The minimum absolute atomic E-state index is 0.0318. The van der Waals surface area contributed by atoms with Gasteiger partial charge >= 0.3 is 12.6 Å². The number of hydrogen-bond acceptors (Lipinski definition) is 10. The molecule has 2 aliphatic rings. The van der Waals surface area contributed by atoms with Crippen molar-refractivity contribution >= 4 is 50.5 Å². The van der Waals surface area contributed by atoms with Crippen molar-refractivity contribution in [3.05, 3.63) is 68.1 Å². The molecule has 10 nitrogen and oxygen atoms in total. The molecule has 0 bridgehead atoms. The van der Waals surface area contributed by atoms with Crippen molar-refractivity contribution < 1.29 is 40.9 Å². The number of rotatable bonds is 15. The van der Waals surface area contributed by atoms with Crippen LogP contribution >= 0.6 is 34.5 Å². The van der Waals surface area contributed by atoms with Crippen LogP contribution in [-0.2, 0) is 25.9 Å². The summed E-state index contributed by atoms with van der Waals surface area (Å²) in [6.45, 7) is 0.543. The van der Waals surface area contributed by atoms with Gasteiger partial charge < -0.3 is 18.9 Å². The molecule has 1 aromatic carbocycles. The first-order chi connectivity index (χ1) is 22.0. The molecule has 1 saturated carbocycles. The molecule has 0 amide bonds. The lowest BCUT2D eigenvalue weighted by Crippen LogP contribution is -2.42. The quantitative estimate of drug-likeness (QED) is 0.177. The highest BCUT2D eigenvalue weighted by molar-refractivity contribution is 7.89. The maximum atomic E-state index is 13.7. The van der Waals surface area contributed by atoms with Gasteiger partial charge in [0.25, 0.3) is 0 Å². The van der Waals surface area contributed by atoms with E-state index in [2.05, 4.69) is 14.6 Å². The van der Waals surface area contributed by atoms with Gasteiger partial charge in [-0.05, 0) is 53.5 Å². The van der Waals surface area contributed by atoms with E-state index in [0.29, 0.717) is 56.5 Å². The second-order valence-corrected chi connectivity index (χ2v) is 14.7. The van der Waals surface area contributed by atoms with Crippen LogP contribution in [0.1, 0.15) is 39.7 Å². The number of aromatic nitrogens is 1. The number of sulfonamides is 1. The van der Waals surface area contributed by atoms with Crippen LogP contribution in [0.3, 0.4) is 0 Å². The van der Waals surface area contributed by atoms with E-state index in [1.54, 1.807) is 0 Å². The number of likely N-dealkylation sites (N-methyl/N-ethyl adjacent to an activating group) is 1. The molecule has 2 fully saturated rings. The molecular formula is C30H33Cl2F2N3O7S2. The molecule has 1 saturated heterocycles. The van der Waals surface area contributed by atoms with Crippen LogP contribution in [0.2, 0.25) is 10.0 Å². The Kier molecular flexibility index (Phi) is 11.7. The zero-order valence-electron chi connectivity index (χ0n) is 24.9. The van der Waals surface area contributed by atoms with Crippen molar-refractivity contribution in [1.82, 2.24) is 14.2 Å². The summed E-state index contributed by atoms with van der Waals surface area (Å²) < 4.78 is 76.5. The van der Waals surface area contributed by atoms with Gasteiger partial charge in [0.05, 0.1) is 29.9 Å². The van der Waals surface area contributed by atoms with E-state index in [9.17, 15) is 22.0 Å². The maximum Gasteiger partial charge on any atom is 0.387 e. The van der Waals surface area contributed by atoms with Crippen LogP contribution in [0.4, 0.5) is 8.78 Å². The third-order valence-electron chi connectivity index (χ3n) is 7.66. The van der Waals surface area contributed by atoms with Crippen LogP contribution < -0.4 is 9.47 Å². The Bertz CT molecular complexity index is 1600. The van der Waals surface area contributed by atoms with Gasteiger partial charge in [-0.1, -0.05) is 29.3 Å². The minimum atomic E-state index is -4.05. The van der Waals surface area contributed by atoms with Gasteiger partial charge in [-0.25, -0.2) is 13.2 Å². The second-order valence-electron chi connectivity index (χ2n) is 10.9. The molecule has 5 rings (SSSR count). The summed E-state index contributed by atoms with van der Waals surface area (Å²) in [4.78, 5) is 19.5. The molecular weight excluding hydrogens is 687 g/mol. The molecule has 0 radical (unpaired) electrons. The molecule has 250 valence electrons. The van der Waals surface area contributed by atoms with Crippen molar-refractivity contribution in [2.45, 2.75) is 36.9 Å².